The third-order valence-electron chi connectivity index (χ3n) is 6.84. The second kappa shape index (κ2) is 14.2. The molecule has 0 bridgehead atoms. The highest BCUT2D eigenvalue weighted by atomic mass is 35.5. The number of rotatable bonds is 12. The quantitative estimate of drug-likeness (QED) is 0.273. The van der Waals surface area contributed by atoms with Crippen molar-refractivity contribution in [3.05, 3.63) is 99.0 Å². The molecule has 2 amide bonds. The van der Waals surface area contributed by atoms with Crippen molar-refractivity contribution in [2.24, 2.45) is 0 Å². The van der Waals surface area contributed by atoms with Crippen molar-refractivity contribution in [2.75, 3.05) is 17.1 Å². The van der Waals surface area contributed by atoms with E-state index in [0.717, 1.165) is 27.3 Å². The summed E-state index contributed by atoms with van der Waals surface area (Å²) < 4.78 is 27.1. The van der Waals surface area contributed by atoms with Crippen molar-refractivity contribution in [1.82, 2.24) is 10.2 Å². The zero-order valence-corrected chi connectivity index (χ0v) is 26.4. The lowest BCUT2D eigenvalue weighted by molar-refractivity contribution is -0.140. The van der Waals surface area contributed by atoms with Gasteiger partial charge in [0.05, 0.1) is 11.9 Å². The van der Waals surface area contributed by atoms with E-state index in [0.29, 0.717) is 27.7 Å². The van der Waals surface area contributed by atoms with Gasteiger partial charge in [-0.1, -0.05) is 72.6 Å². The summed E-state index contributed by atoms with van der Waals surface area (Å²) in [6.45, 7) is 6.97. The summed E-state index contributed by atoms with van der Waals surface area (Å²) in [5.74, 6) is -0.914. The lowest BCUT2D eigenvalue weighted by Crippen LogP contribution is -2.54. The molecule has 2 atom stereocenters. The van der Waals surface area contributed by atoms with Crippen LogP contribution in [-0.4, -0.2) is 50.0 Å². The van der Waals surface area contributed by atoms with Crippen molar-refractivity contribution in [3.63, 3.8) is 0 Å². The smallest absolute Gasteiger partial charge is 0.244 e. The number of aryl methyl sites for hydroxylation is 2. The van der Waals surface area contributed by atoms with E-state index in [1.54, 1.807) is 30.3 Å². The fourth-order valence-electron chi connectivity index (χ4n) is 4.56. The first-order chi connectivity index (χ1) is 19.3. The Balaban J connectivity index is 2.13. The summed E-state index contributed by atoms with van der Waals surface area (Å²) in [6, 6.07) is 18.6. The maximum absolute atomic E-state index is 14.2. The van der Waals surface area contributed by atoms with Crippen molar-refractivity contribution < 1.29 is 18.0 Å². The summed E-state index contributed by atoms with van der Waals surface area (Å²) in [4.78, 5) is 29.4. The van der Waals surface area contributed by atoms with Crippen molar-refractivity contribution >= 4 is 50.7 Å². The van der Waals surface area contributed by atoms with Gasteiger partial charge in [0.15, 0.2) is 0 Å². The molecule has 3 rings (SSSR count). The molecule has 3 aromatic rings. The van der Waals surface area contributed by atoms with E-state index in [-0.39, 0.29) is 24.9 Å². The van der Waals surface area contributed by atoms with Crippen LogP contribution in [0.3, 0.4) is 0 Å². The molecular formula is C31H37Cl2N3O4S. The Bertz CT molecular complexity index is 1440. The SMILES string of the molecule is CC[C@@H](C)NC(=O)[C@@H](Cc1ccccc1)N(Cc1c(Cl)cccc1Cl)C(=O)CN(c1cc(C)cc(C)c1)S(C)(=O)=O. The molecule has 0 saturated heterocycles. The highest BCUT2D eigenvalue weighted by Crippen LogP contribution is 2.28. The van der Waals surface area contributed by atoms with Crippen LogP contribution in [0.4, 0.5) is 5.69 Å². The van der Waals surface area contributed by atoms with Gasteiger partial charge in [0.25, 0.3) is 0 Å². The fourth-order valence-corrected chi connectivity index (χ4v) is 5.91. The Morgan fingerprint density at radius 2 is 1.51 bits per heavy atom. The minimum Gasteiger partial charge on any atom is -0.352 e. The van der Waals surface area contributed by atoms with Gasteiger partial charge in [0.1, 0.15) is 12.6 Å². The van der Waals surface area contributed by atoms with Crippen LogP contribution >= 0.6 is 23.2 Å². The van der Waals surface area contributed by atoms with E-state index in [1.165, 1.54) is 4.90 Å². The lowest BCUT2D eigenvalue weighted by atomic mass is 10.0. The standard InChI is InChI=1S/C31H37Cl2N3O4S/c1-6-23(4)34-31(38)29(18-24-11-8-7-9-12-24)35(19-26-27(32)13-10-14-28(26)33)30(37)20-36(41(5,39)40)25-16-21(2)15-22(3)17-25/h7-17,23,29H,6,18-20H2,1-5H3,(H,34,38)/t23-,29-/m1/s1. The van der Waals surface area contributed by atoms with Gasteiger partial charge in [-0.25, -0.2) is 8.42 Å². The number of nitrogens with one attached hydrogen (secondary N) is 1. The normalized spacial score (nSPS) is 12.9. The maximum Gasteiger partial charge on any atom is 0.244 e. The number of sulfonamides is 1. The van der Waals surface area contributed by atoms with E-state index in [4.69, 9.17) is 23.2 Å². The molecule has 0 aliphatic rings. The Morgan fingerprint density at radius 3 is 2.05 bits per heavy atom. The van der Waals surface area contributed by atoms with Gasteiger partial charge in [-0.05, 0) is 68.1 Å². The van der Waals surface area contributed by atoms with Crippen LogP contribution in [0, 0.1) is 13.8 Å². The first-order valence-corrected chi connectivity index (χ1v) is 16.0. The van der Waals surface area contributed by atoms with Gasteiger partial charge in [-0.15, -0.1) is 0 Å². The maximum atomic E-state index is 14.2. The molecule has 0 fully saturated rings. The third kappa shape index (κ3) is 8.96. The second-order valence-electron chi connectivity index (χ2n) is 10.4. The van der Waals surface area contributed by atoms with Crippen LogP contribution in [0.5, 0.6) is 0 Å². The summed E-state index contributed by atoms with van der Waals surface area (Å²) in [5.41, 5.74) is 3.40. The van der Waals surface area contributed by atoms with Crippen molar-refractivity contribution in [2.45, 2.75) is 59.2 Å². The number of anilines is 1. The monoisotopic (exact) mass is 617 g/mol. The molecule has 0 radical (unpaired) electrons. The molecule has 0 heterocycles. The molecule has 41 heavy (non-hydrogen) atoms. The Labute approximate surface area is 253 Å². The van der Waals surface area contributed by atoms with E-state index < -0.39 is 28.5 Å². The van der Waals surface area contributed by atoms with Crippen LogP contribution < -0.4 is 9.62 Å². The average Bonchev–Trinajstić information content (AvgIpc) is 2.89. The molecule has 0 unspecified atom stereocenters. The van der Waals surface area contributed by atoms with Gasteiger partial charge >= 0.3 is 0 Å². The highest BCUT2D eigenvalue weighted by molar-refractivity contribution is 7.92. The number of hydrogen-bond acceptors (Lipinski definition) is 4. The number of nitrogens with zero attached hydrogens (tertiary/aromatic N) is 2. The number of carbonyl (C=O) groups is 2. The van der Waals surface area contributed by atoms with Crippen molar-refractivity contribution in [3.8, 4) is 0 Å². The molecule has 0 aromatic heterocycles. The lowest BCUT2D eigenvalue weighted by Gasteiger charge is -2.34. The van der Waals surface area contributed by atoms with Crippen LogP contribution in [0.2, 0.25) is 10.0 Å². The number of carbonyl (C=O) groups excluding carboxylic acids is 2. The predicted molar refractivity (Wildman–Crippen MR) is 167 cm³/mol. The molecule has 7 nitrogen and oxygen atoms in total. The molecule has 0 spiro atoms. The number of halogens is 2. The largest absolute Gasteiger partial charge is 0.352 e. The number of benzene rings is 3. The Kier molecular flexibility index (Phi) is 11.2. The zero-order chi connectivity index (χ0) is 30.3. The van der Waals surface area contributed by atoms with Gasteiger partial charge in [0.2, 0.25) is 21.8 Å². The molecule has 0 aliphatic heterocycles. The predicted octanol–water partition coefficient (Wildman–Crippen LogP) is 5.93. The first-order valence-electron chi connectivity index (χ1n) is 13.4. The molecular weight excluding hydrogens is 581 g/mol. The van der Waals surface area contributed by atoms with Crippen molar-refractivity contribution in [1.29, 1.82) is 0 Å². The fraction of sp³-hybridized carbons (Fsp3) is 0.355. The van der Waals surface area contributed by atoms with E-state index >= 15 is 0 Å². The van der Waals surface area contributed by atoms with E-state index in [1.807, 2.05) is 64.1 Å². The molecule has 1 N–H and O–H groups in total. The third-order valence-corrected chi connectivity index (χ3v) is 8.68. The minimum atomic E-state index is -3.86. The van der Waals surface area contributed by atoms with Gasteiger partial charge in [-0.3, -0.25) is 13.9 Å². The van der Waals surface area contributed by atoms with E-state index in [2.05, 4.69) is 5.32 Å². The summed E-state index contributed by atoms with van der Waals surface area (Å²) in [7, 11) is -3.86. The Hall–Kier alpha value is -3.07. The average molecular weight is 619 g/mol. The molecule has 10 heteroatoms. The first kappa shape index (κ1) is 32.4. The number of amides is 2. The summed E-state index contributed by atoms with van der Waals surface area (Å²) in [6.07, 6.45) is 1.96. The zero-order valence-electron chi connectivity index (χ0n) is 24.0. The minimum absolute atomic E-state index is 0.0901. The molecule has 220 valence electrons. The van der Waals surface area contributed by atoms with E-state index in [9.17, 15) is 18.0 Å². The van der Waals surface area contributed by atoms with Gasteiger partial charge < -0.3 is 10.2 Å². The molecule has 3 aromatic carbocycles. The molecule has 0 saturated carbocycles. The molecule has 0 aliphatic carbocycles. The number of hydrogen-bond donors (Lipinski definition) is 1. The van der Waals surface area contributed by atoms with Crippen LogP contribution in [0.25, 0.3) is 0 Å². The van der Waals surface area contributed by atoms with Gasteiger partial charge in [0, 0.05) is 34.6 Å². The summed E-state index contributed by atoms with van der Waals surface area (Å²) >= 11 is 13.0. The summed E-state index contributed by atoms with van der Waals surface area (Å²) in [5, 5.41) is 3.68. The second-order valence-corrected chi connectivity index (χ2v) is 13.1. The van der Waals surface area contributed by atoms with Gasteiger partial charge in [-0.2, -0.15) is 0 Å². The Morgan fingerprint density at radius 1 is 0.927 bits per heavy atom. The van der Waals surface area contributed by atoms with Crippen LogP contribution in [-0.2, 0) is 32.6 Å². The topological polar surface area (TPSA) is 86.8 Å². The van der Waals surface area contributed by atoms with Crippen LogP contribution in [0.1, 0.15) is 42.5 Å². The van der Waals surface area contributed by atoms with Crippen LogP contribution in [0.15, 0.2) is 66.7 Å². The highest BCUT2D eigenvalue weighted by Gasteiger charge is 2.34.